The van der Waals surface area contributed by atoms with Crippen molar-refractivity contribution < 1.29 is 18.4 Å². The van der Waals surface area contributed by atoms with Gasteiger partial charge in [-0.05, 0) is 48.0 Å². The molecule has 0 spiro atoms. The van der Waals surface area contributed by atoms with E-state index in [1.165, 1.54) is 53.1 Å². The van der Waals surface area contributed by atoms with Gasteiger partial charge in [-0.2, -0.15) is 0 Å². The lowest BCUT2D eigenvalue weighted by molar-refractivity contribution is -0.125. The Labute approximate surface area is 199 Å². The van der Waals surface area contributed by atoms with Crippen LogP contribution < -0.4 is 10.2 Å². The topological polar surface area (TPSA) is 54.3 Å². The number of aromatic nitrogens is 1. The van der Waals surface area contributed by atoms with E-state index >= 15 is 0 Å². The number of carbonyl (C=O) groups is 2. The zero-order valence-corrected chi connectivity index (χ0v) is 19.1. The Morgan fingerprint density at radius 3 is 2.35 bits per heavy atom. The molecule has 172 valence electrons. The Bertz CT molecular complexity index is 1380. The van der Waals surface area contributed by atoms with Gasteiger partial charge in [0.1, 0.15) is 17.7 Å². The molecule has 1 aromatic heterocycles. The summed E-state index contributed by atoms with van der Waals surface area (Å²) in [5.41, 5.74) is 2.85. The van der Waals surface area contributed by atoms with E-state index in [0.717, 1.165) is 27.1 Å². The zero-order chi connectivity index (χ0) is 23.8. The molecule has 4 aromatic rings. The highest BCUT2D eigenvalue weighted by Crippen LogP contribution is 2.43. The van der Waals surface area contributed by atoms with Gasteiger partial charge in [0.25, 0.3) is 0 Å². The molecule has 0 aliphatic carbocycles. The number of nitrogens with zero attached hydrogens (tertiary/aromatic N) is 2. The first-order chi connectivity index (χ1) is 16.4. The second-order valence-corrected chi connectivity index (χ2v) is 9.03. The van der Waals surface area contributed by atoms with Gasteiger partial charge in [0, 0.05) is 35.7 Å². The van der Waals surface area contributed by atoms with Crippen LogP contribution in [0.5, 0.6) is 0 Å². The zero-order valence-electron chi connectivity index (χ0n) is 18.3. The van der Waals surface area contributed by atoms with E-state index in [2.05, 4.69) is 5.32 Å². The average Bonchev–Trinajstić information content (AvgIpc) is 3.02. The minimum Gasteiger partial charge on any atom is -0.350 e. The van der Waals surface area contributed by atoms with Crippen LogP contribution in [-0.4, -0.2) is 22.1 Å². The van der Waals surface area contributed by atoms with E-state index in [1.54, 1.807) is 12.1 Å². The molecular formula is C26H21F2N3O2S. The number of amides is 2. The maximum Gasteiger partial charge on any atom is 0.248 e. The van der Waals surface area contributed by atoms with Crippen molar-refractivity contribution in [3.63, 3.8) is 0 Å². The number of rotatable bonds is 4. The molecule has 2 amide bonds. The van der Waals surface area contributed by atoms with E-state index in [0.29, 0.717) is 5.69 Å². The fourth-order valence-corrected chi connectivity index (χ4v) is 5.41. The number of aryl methyl sites for hydroxylation is 1. The van der Waals surface area contributed by atoms with Crippen LogP contribution in [0.1, 0.15) is 17.2 Å². The average molecular weight is 478 g/mol. The summed E-state index contributed by atoms with van der Waals surface area (Å²) in [5.74, 6) is -1.27. The molecule has 0 radical (unpaired) electrons. The standard InChI is InChI=1S/C26H21F2N3O2S/c1-30-21-5-3-2-4-20(21)23-24(25(33)29-14-16-6-8-17(27)9-7-16)31(22(32)15-34-26(23)30)19-12-10-18(28)11-13-19/h2-13,24H,14-15H2,1H3,(H,29,33). The summed E-state index contributed by atoms with van der Waals surface area (Å²) >= 11 is 1.38. The van der Waals surface area contributed by atoms with Crippen LogP contribution in [0.25, 0.3) is 10.9 Å². The van der Waals surface area contributed by atoms with Crippen molar-refractivity contribution >= 4 is 40.2 Å². The van der Waals surface area contributed by atoms with E-state index in [1.807, 2.05) is 35.9 Å². The third-order valence-corrected chi connectivity index (χ3v) is 7.11. The number of para-hydroxylation sites is 1. The Morgan fingerprint density at radius 1 is 1.00 bits per heavy atom. The van der Waals surface area contributed by atoms with Crippen LogP contribution in [0.2, 0.25) is 0 Å². The van der Waals surface area contributed by atoms with Crippen molar-refractivity contribution in [2.75, 3.05) is 10.7 Å². The Balaban J connectivity index is 1.63. The molecule has 2 heterocycles. The number of nitrogens with one attached hydrogen (secondary N) is 1. The molecule has 3 aromatic carbocycles. The molecule has 0 saturated carbocycles. The number of anilines is 1. The summed E-state index contributed by atoms with van der Waals surface area (Å²) in [5, 5.41) is 4.62. The third kappa shape index (κ3) is 3.94. The second-order valence-electron chi connectivity index (χ2n) is 8.07. The molecular weight excluding hydrogens is 456 g/mol. The van der Waals surface area contributed by atoms with Gasteiger partial charge in [0.05, 0.1) is 10.8 Å². The van der Waals surface area contributed by atoms with Gasteiger partial charge in [-0.15, -0.1) is 0 Å². The molecule has 34 heavy (non-hydrogen) atoms. The Kier molecular flexibility index (Phi) is 5.83. The molecule has 0 fully saturated rings. The van der Waals surface area contributed by atoms with Gasteiger partial charge in [-0.1, -0.05) is 42.1 Å². The lowest BCUT2D eigenvalue weighted by atomic mass is 10.0. The summed E-state index contributed by atoms with van der Waals surface area (Å²) < 4.78 is 28.9. The van der Waals surface area contributed by atoms with Crippen molar-refractivity contribution in [2.24, 2.45) is 7.05 Å². The Morgan fingerprint density at radius 2 is 1.65 bits per heavy atom. The number of fused-ring (bicyclic) bond motifs is 3. The van der Waals surface area contributed by atoms with E-state index in [9.17, 15) is 18.4 Å². The molecule has 1 atom stereocenters. The summed E-state index contributed by atoms with van der Waals surface area (Å²) in [6.07, 6.45) is 0. The fourth-order valence-electron chi connectivity index (χ4n) is 4.34. The normalized spacial score (nSPS) is 15.8. The largest absolute Gasteiger partial charge is 0.350 e. The van der Waals surface area contributed by atoms with Crippen molar-refractivity contribution in [3.8, 4) is 0 Å². The maximum absolute atomic E-state index is 13.7. The molecule has 0 saturated heterocycles. The SMILES string of the molecule is Cn1c2c(c3ccccc31)C(C(=O)NCc1ccc(F)cc1)N(c1ccc(F)cc1)C(=O)CS2. The summed E-state index contributed by atoms with van der Waals surface area (Å²) in [4.78, 5) is 28.5. The predicted molar refractivity (Wildman–Crippen MR) is 129 cm³/mol. The van der Waals surface area contributed by atoms with E-state index < -0.39 is 11.9 Å². The quantitative estimate of drug-likeness (QED) is 0.452. The van der Waals surface area contributed by atoms with Crippen LogP contribution >= 0.6 is 11.8 Å². The van der Waals surface area contributed by atoms with Crippen LogP contribution in [0.4, 0.5) is 14.5 Å². The smallest absolute Gasteiger partial charge is 0.248 e. The van der Waals surface area contributed by atoms with Crippen molar-refractivity contribution in [1.82, 2.24) is 9.88 Å². The minimum atomic E-state index is -0.963. The summed E-state index contributed by atoms with van der Waals surface area (Å²) in [7, 11) is 1.92. The minimum absolute atomic E-state index is 0.135. The fraction of sp³-hybridized carbons (Fsp3) is 0.154. The molecule has 5 rings (SSSR count). The lowest BCUT2D eigenvalue weighted by Gasteiger charge is -2.30. The van der Waals surface area contributed by atoms with Gasteiger partial charge in [-0.3, -0.25) is 14.5 Å². The van der Waals surface area contributed by atoms with Crippen molar-refractivity contribution in [1.29, 1.82) is 0 Å². The highest BCUT2D eigenvalue weighted by molar-refractivity contribution is 8.00. The number of benzene rings is 3. The van der Waals surface area contributed by atoms with Crippen LogP contribution in [0.3, 0.4) is 0 Å². The molecule has 5 nitrogen and oxygen atoms in total. The molecule has 0 bridgehead atoms. The highest BCUT2D eigenvalue weighted by atomic mass is 32.2. The van der Waals surface area contributed by atoms with Gasteiger partial charge in [0.2, 0.25) is 11.8 Å². The van der Waals surface area contributed by atoms with Crippen LogP contribution in [-0.2, 0) is 23.2 Å². The molecule has 1 unspecified atom stereocenters. The van der Waals surface area contributed by atoms with E-state index in [-0.39, 0.29) is 29.9 Å². The first kappa shape index (κ1) is 22.2. The highest BCUT2D eigenvalue weighted by Gasteiger charge is 2.39. The molecule has 1 aliphatic rings. The van der Waals surface area contributed by atoms with Gasteiger partial charge >= 0.3 is 0 Å². The van der Waals surface area contributed by atoms with Gasteiger partial charge in [-0.25, -0.2) is 8.78 Å². The molecule has 8 heteroatoms. The predicted octanol–water partition coefficient (Wildman–Crippen LogP) is 4.95. The second kappa shape index (κ2) is 8.95. The van der Waals surface area contributed by atoms with Crippen LogP contribution in [0, 0.1) is 11.6 Å². The number of hydrogen-bond acceptors (Lipinski definition) is 3. The molecule has 1 aliphatic heterocycles. The monoisotopic (exact) mass is 477 g/mol. The number of carbonyl (C=O) groups excluding carboxylic acids is 2. The third-order valence-electron chi connectivity index (χ3n) is 5.96. The molecule has 1 N–H and O–H groups in total. The van der Waals surface area contributed by atoms with Crippen LogP contribution in [0.15, 0.2) is 77.8 Å². The van der Waals surface area contributed by atoms with E-state index in [4.69, 9.17) is 0 Å². The first-order valence-electron chi connectivity index (χ1n) is 10.7. The number of hydrogen-bond donors (Lipinski definition) is 1. The van der Waals surface area contributed by atoms with Crippen molar-refractivity contribution in [2.45, 2.75) is 17.6 Å². The van der Waals surface area contributed by atoms with Gasteiger partial charge in [0.15, 0.2) is 0 Å². The first-order valence-corrected chi connectivity index (χ1v) is 11.7. The van der Waals surface area contributed by atoms with Crippen molar-refractivity contribution in [3.05, 3.63) is 95.6 Å². The lowest BCUT2D eigenvalue weighted by Crippen LogP contribution is -2.43. The summed E-state index contributed by atoms with van der Waals surface area (Å²) in [6, 6.07) is 18.2. The Hall–Kier alpha value is -3.65. The maximum atomic E-state index is 13.7. The summed E-state index contributed by atoms with van der Waals surface area (Å²) in [6.45, 7) is 0.175. The van der Waals surface area contributed by atoms with Gasteiger partial charge < -0.3 is 9.88 Å². The number of thioether (sulfide) groups is 1. The number of halogens is 2.